The largest absolute Gasteiger partial charge is 0.310 e. The number of fused-ring (bicyclic) bond motifs is 7. The highest BCUT2D eigenvalue weighted by molar-refractivity contribution is 7.26. The summed E-state index contributed by atoms with van der Waals surface area (Å²) in [4.78, 5) is 2.51. The molecule has 0 unspecified atom stereocenters. The fourth-order valence-corrected chi connectivity index (χ4v) is 12.2. The van der Waals surface area contributed by atoms with Crippen molar-refractivity contribution in [3.63, 3.8) is 0 Å². The van der Waals surface area contributed by atoms with Crippen LogP contribution in [-0.2, 0) is 5.41 Å². The molecular formula is C65H43NS. The van der Waals surface area contributed by atoms with Crippen LogP contribution >= 0.6 is 11.3 Å². The number of nitrogens with zero attached hydrogens (tertiary/aromatic N) is 1. The normalized spacial score (nSPS) is 12.6. The van der Waals surface area contributed by atoms with E-state index in [1.807, 2.05) is 11.3 Å². The SMILES string of the molecule is c1ccc(-c2ccc(N(c3ccc(-c4cccc(-c5cccc6ccccc56)c4)cc3)c3ccc4c(c3)C(c3ccccc3)(c3ccccc3)c3ccccc3-4)c3c2sc2ccccc23)cc1. The van der Waals surface area contributed by atoms with Crippen LogP contribution < -0.4 is 4.90 Å². The van der Waals surface area contributed by atoms with Crippen LogP contribution in [0.25, 0.3) is 75.5 Å². The van der Waals surface area contributed by atoms with Crippen LogP contribution in [0.15, 0.2) is 261 Å². The molecule has 13 rings (SSSR count). The van der Waals surface area contributed by atoms with E-state index in [2.05, 4.69) is 266 Å². The molecule has 314 valence electrons. The Kier molecular flexibility index (Phi) is 9.33. The predicted molar refractivity (Wildman–Crippen MR) is 285 cm³/mol. The number of hydrogen-bond acceptors (Lipinski definition) is 2. The average molecular weight is 870 g/mol. The zero-order chi connectivity index (χ0) is 44.3. The van der Waals surface area contributed by atoms with Crippen molar-refractivity contribution in [3.8, 4) is 44.5 Å². The van der Waals surface area contributed by atoms with Gasteiger partial charge in [0.25, 0.3) is 0 Å². The first-order chi connectivity index (χ1) is 33.2. The number of benzene rings is 11. The summed E-state index contributed by atoms with van der Waals surface area (Å²) in [6.45, 7) is 0. The van der Waals surface area contributed by atoms with Gasteiger partial charge < -0.3 is 4.90 Å². The Morgan fingerprint density at radius 1 is 0.328 bits per heavy atom. The molecule has 1 nitrogen and oxygen atoms in total. The lowest BCUT2D eigenvalue weighted by Crippen LogP contribution is -2.28. The Hall–Kier alpha value is -8.30. The number of anilines is 3. The van der Waals surface area contributed by atoms with Crippen LogP contribution in [0.5, 0.6) is 0 Å². The predicted octanol–water partition coefficient (Wildman–Crippen LogP) is 18.0. The minimum Gasteiger partial charge on any atom is -0.310 e. The first-order valence-corrected chi connectivity index (χ1v) is 23.9. The maximum Gasteiger partial charge on any atom is 0.0714 e. The summed E-state index contributed by atoms with van der Waals surface area (Å²) in [7, 11) is 0. The summed E-state index contributed by atoms with van der Waals surface area (Å²) in [5.41, 5.74) is 17.7. The zero-order valence-corrected chi connectivity index (χ0v) is 37.5. The molecule has 1 aliphatic carbocycles. The molecular weight excluding hydrogens is 827 g/mol. The van der Waals surface area contributed by atoms with Gasteiger partial charge >= 0.3 is 0 Å². The summed E-state index contributed by atoms with van der Waals surface area (Å²) >= 11 is 1.88. The van der Waals surface area contributed by atoms with Crippen LogP contribution in [0.2, 0.25) is 0 Å². The molecule has 12 aromatic rings. The second kappa shape index (κ2) is 16.0. The summed E-state index contributed by atoms with van der Waals surface area (Å²) in [6.07, 6.45) is 0. The van der Waals surface area contributed by atoms with Gasteiger partial charge in [-0.05, 0) is 120 Å². The van der Waals surface area contributed by atoms with Gasteiger partial charge in [-0.15, -0.1) is 11.3 Å². The van der Waals surface area contributed by atoms with Crippen LogP contribution in [-0.4, -0.2) is 0 Å². The quantitative estimate of drug-likeness (QED) is 0.147. The van der Waals surface area contributed by atoms with Gasteiger partial charge in [-0.3, -0.25) is 0 Å². The molecule has 2 heteroatoms. The maximum atomic E-state index is 2.51. The highest BCUT2D eigenvalue weighted by Crippen LogP contribution is 2.58. The molecule has 0 radical (unpaired) electrons. The lowest BCUT2D eigenvalue weighted by molar-refractivity contribution is 0.768. The Bertz CT molecular complexity index is 3750. The third-order valence-corrected chi connectivity index (χ3v) is 15.2. The molecule has 0 atom stereocenters. The maximum absolute atomic E-state index is 2.51. The van der Waals surface area contributed by atoms with Crippen LogP contribution in [0.1, 0.15) is 22.3 Å². The van der Waals surface area contributed by atoms with E-state index in [4.69, 9.17) is 0 Å². The Balaban J connectivity index is 1.04. The van der Waals surface area contributed by atoms with Crippen molar-refractivity contribution in [3.05, 3.63) is 283 Å². The lowest BCUT2D eigenvalue weighted by atomic mass is 9.67. The summed E-state index contributed by atoms with van der Waals surface area (Å²) < 4.78 is 2.56. The Morgan fingerprint density at radius 2 is 0.896 bits per heavy atom. The van der Waals surface area contributed by atoms with Crippen molar-refractivity contribution in [1.82, 2.24) is 0 Å². The molecule has 0 saturated carbocycles. The van der Waals surface area contributed by atoms with E-state index in [1.165, 1.54) is 97.7 Å². The Morgan fingerprint density at radius 3 is 1.69 bits per heavy atom. The first-order valence-electron chi connectivity index (χ1n) is 23.1. The van der Waals surface area contributed by atoms with Gasteiger partial charge in [0.05, 0.1) is 11.1 Å². The molecule has 67 heavy (non-hydrogen) atoms. The lowest BCUT2D eigenvalue weighted by Gasteiger charge is -2.35. The molecule has 0 N–H and O–H groups in total. The van der Waals surface area contributed by atoms with Crippen LogP contribution in [0.4, 0.5) is 17.1 Å². The van der Waals surface area contributed by atoms with Gasteiger partial charge in [-0.25, -0.2) is 0 Å². The van der Waals surface area contributed by atoms with Crippen molar-refractivity contribution >= 4 is 59.3 Å². The average Bonchev–Trinajstić information content (AvgIpc) is 3.94. The fourth-order valence-electron chi connectivity index (χ4n) is 11.0. The topological polar surface area (TPSA) is 3.24 Å². The molecule has 0 bridgehead atoms. The molecule has 11 aromatic carbocycles. The van der Waals surface area contributed by atoms with E-state index in [0.717, 1.165) is 17.1 Å². The molecule has 0 fully saturated rings. The third-order valence-electron chi connectivity index (χ3n) is 14.0. The van der Waals surface area contributed by atoms with Gasteiger partial charge in [0.15, 0.2) is 0 Å². The molecule has 1 aliphatic rings. The van der Waals surface area contributed by atoms with Gasteiger partial charge in [0, 0.05) is 31.5 Å². The highest BCUT2D eigenvalue weighted by atomic mass is 32.1. The molecule has 0 aliphatic heterocycles. The molecule has 1 heterocycles. The second-order valence-electron chi connectivity index (χ2n) is 17.5. The van der Waals surface area contributed by atoms with E-state index in [0.29, 0.717) is 0 Å². The van der Waals surface area contributed by atoms with Crippen LogP contribution in [0.3, 0.4) is 0 Å². The van der Waals surface area contributed by atoms with E-state index in [1.54, 1.807) is 0 Å². The molecule has 0 amide bonds. The monoisotopic (exact) mass is 869 g/mol. The zero-order valence-electron chi connectivity index (χ0n) is 36.7. The highest BCUT2D eigenvalue weighted by Gasteiger charge is 2.46. The minimum atomic E-state index is -0.531. The number of thiophene rings is 1. The molecule has 0 spiro atoms. The number of hydrogen-bond donors (Lipinski definition) is 0. The standard InChI is InChI=1S/C65H43NS/c1-4-18-46(19-5-1)55-40-41-61(63-58-30-13-15-33-62(58)67-64(55)63)66(51-36-34-44(35-37-51)47-22-16-23-48(42-47)54-31-17-21-45-20-10-11-28-53(45)54)52-38-39-57-56-29-12-14-32-59(56)65(60(57)43-52,49-24-6-2-7-25-49)50-26-8-3-9-27-50/h1-43H. The summed E-state index contributed by atoms with van der Waals surface area (Å²) in [5.74, 6) is 0. The third kappa shape index (κ3) is 6.29. The summed E-state index contributed by atoms with van der Waals surface area (Å²) in [6, 6.07) is 96.3. The van der Waals surface area contributed by atoms with Gasteiger partial charge in [0.1, 0.15) is 0 Å². The van der Waals surface area contributed by atoms with Gasteiger partial charge in [-0.2, -0.15) is 0 Å². The fraction of sp³-hybridized carbons (Fsp3) is 0.0154. The first kappa shape index (κ1) is 39.1. The molecule has 0 saturated heterocycles. The van der Waals surface area contributed by atoms with Crippen molar-refractivity contribution in [2.24, 2.45) is 0 Å². The minimum absolute atomic E-state index is 0.531. The van der Waals surface area contributed by atoms with E-state index in [9.17, 15) is 0 Å². The second-order valence-corrected chi connectivity index (χ2v) is 18.6. The van der Waals surface area contributed by atoms with Gasteiger partial charge in [-0.1, -0.05) is 218 Å². The Labute approximate surface area is 395 Å². The molecule has 1 aromatic heterocycles. The van der Waals surface area contributed by atoms with Crippen molar-refractivity contribution in [2.75, 3.05) is 4.90 Å². The smallest absolute Gasteiger partial charge is 0.0714 e. The number of rotatable bonds is 8. The van der Waals surface area contributed by atoms with E-state index < -0.39 is 5.41 Å². The van der Waals surface area contributed by atoms with Crippen molar-refractivity contribution in [2.45, 2.75) is 5.41 Å². The van der Waals surface area contributed by atoms with Gasteiger partial charge in [0.2, 0.25) is 0 Å². The van der Waals surface area contributed by atoms with Crippen molar-refractivity contribution < 1.29 is 0 Å². The summed E-state index contributed by atoms with van der Waals surface area (Å²) in [5, 5.41) is 5.03. The van der Waals surface area contributed by atoms with Crippen molar-refractivity contribution in [1.29, 1.82) is 0 Å². The van der Waals surface area contributed by atoms with E-state index >= 15 is 0 Å². The van der Waals surface area contributed by atoms with Crippen LogP contribution in [0, 0.1) is 0 Å². The van der Waals surface area contributed by atoms with E-state index in [-0.39, 0.29) is 0 Å².